The Balaban J connectivity index is 1.58. The van der Waals surface area contributed by atoms with E-state index in [1.165, 1.54) is 36.8 Å². The van der Waals surface area contributed by atoms with Crippen molar-refractivity contribution >= 4 is 0 Å². The van der Waals surface area contributed by atoms with Crippen molar-refractivity contribution in [2.24, 2.45) is 11.8 Å². The van der Waals surface area contributed by atoms with E-state index in [2.05, 4.69) is 56.1 Å². The van der Waals surface area contributed by atoms with Gasteiger partial charge < -0.3 is 9.64 Å². The fraction of sp³-hybridized carbons (Fsp3) is 0.700. The molecule has 128 valence electrons. The van der Waals surface area contributed by atoms with Crippen LogP contribution >= 0.6 is 0 Å². The molecular weight excluding hydrogens is 284 g/mol. The fourth-order valence-corrected chi connectivity index (χ4v) is 4.70. The molecule has 2 aliphatic carbocycles. The number of rotatable bonds is 5. The summed E-state index contributed by atoms with van der Waals surface area (Å²) in [6, 6.07) is 8.03. The Labute approximate surface area is 141 Å². The standard InChI is InChI=1S/C20H32N2O/c1-14-8-20(23-5)7-6-15(14)13-22(4)19-11-16-9-18(21(2)3)10-17(16)12-19/h6-8,16-19H,9-13H2,1-5H3/t16-,17+,18?,19?. The molecule has 2 fully saturated rings. The molecule has 0 aromatic heterocycles. The minimum absolute atomic E-state index is 0.759. The van der Waals surface area contributed by atoms with Gasteiger partial charge in [0.15, 0.2) is 0 Å². The van der Waals surface area contributed by atoms with Crippen molar-refractivity contribution in [3.63, 3.8) is 0 Å². The van der Waals surface area contributed by atoms with Gasteiger partial charge in [-0.2, -0.15) is 0 Å². The maximum atomic E-state index is 5.32. The zero-order chi connectivity index (χ0) is 16.6. The van der Waals surface area contributed by atoms with Gasteiger partial charge in [0, 0.05) is 18.6 Å². The average Bonchev–Trinajstić information content (AvgIpc) is 3.07. The molecule has 3 rings (SSSR count). The van der Waals surface area contributed by atoms with Gasteiger partial charge >= 0.3 is 0 Å². The fourth-order valence-electron chi connectivity index (χ4n) is 4.70. The first kappa shape index (κ1) is 16.8. The van der Waals surface area contributed by atoms with Gasteiger partial charge in [0.05, 0.1) is 7.11 Å². The molecular formula is C20H32N2O. The summed E-state index contributed by atoms with van der Waals surface area (Å²) in [4.78, 5) is 5.01. The largest absolute Gasteiger partial charge is 0.497 e. The van der Waals surface area contributed by atoms with E-state index in [-0.39, 0.29) is 0 Å². The number of fused-ring (bicyclic) bond motifs is 1. The summed E-state index contributed by atoms with van der Waals surface area (Å²) in [5.41, 5.74) is 2.76. The Hall–Kier alpha value is -1.06. The van der Waals surface area contributed by atoms with Crippen molar-refractivity contribution in [1.29, 1.82) is 0 Å². The summed E-state index contributed by atoms with van der Waals surface area (Å²) in [7, 11) is 8.52. The van der Waals surface area contributed by atoms with Crippen LogP contribution in [0.2, 0.25) is 0 Å². The summed E-state index contributed by atoms with van der Waals surface area (Å²) in [5.74, 6) is 2.86. The molecule has 0 N–H and O–H groups in total. The predicted molar refractivity (Wildman–Crippen MR) is 95.9 cm³/mol. The smallest absolute Gasteiger partial charge is 0.119 e. The van der Waals surface area contributed by atoms with Gasteiger partial charge in [-0.05, 0) is 88.8 Å². The lowest BCUT2D eigenvalue weighted by molar-refractivity contribution is 0.211. The molecule has 23 heavy (non-hydrogen) atoms. The molecule has 0 radical (unpaired) electrons. The number of methoxy groups -OCH3 is 1. The van der Waals surface area contributed by atoms with Crippen LogP contribution in [0.25, 0.3) is 0 Å². The summed E-state index contributed by atoms with van der Waals surface area (Å²) < 4.78 is 5.32. The molecule has 0 spiro atoms. The predicted octanol–water partition coefficient (Wildman–Crippen LogP) is 3.55. The highest BCUT2D eigenvalue weighted by Crippen LogP contribution is 2.46. The number of hydrogen-bond donors (Lipinski definition) is 0. The molecule has 3 heteroatoms. The lowest BCUT2D eigenvalue weighted by Gasteiger charge is -2.27. The Morgan fingerprint density at radius 3 is 2.13 bits per heavy atom. The third kappa shape index (κ3) is 3.56. The second kappa shape index (κ2) is 6.82. The second-order valence-corrected chi connectivity index (χ2v) is 7.94. The van der Waals surface area contributed by atoms with Crippen molar-refractivity contribution in [3.05, 3.63) is 29.3 Å². The van der Waals surface area contributed by atoms with E-state index >= 15 is 0 Å². The molecule has 0 bridgehead atoms. The van der Waals surface area contributed by atoms with Crippen LogP contribution in [0.5, 0.6) is 5.75 Å². The van der Waals surface area contributed by atoms with Gasteiger partial charge in [0.25, 0.3) is 0 Å². The lowest BCUT2D eigenvalue weighted by atomic mass is 10.0. The van der Waals surface area contributed by atoms with E-state index < -0.39 is 0 Å². The van der Waals surface area contributed by atoms with Crippen LogP contribution in [-0.4, -0.2) is 50.1 Å². The molecule has 2 aliphatic rings. The van der Waals surface area contributed by atoms with Gasteiger partial charge in [-0.1, -0.05) is 6.07 Å². The first-order valence-electron chi connectivity index (χ1n) is 8.98. The molecule has 0 aliphatic heterocycles. The van der Waals surface area contributed by atoms with E-state index in [1.807, 2.05) is 0 Å². The van der Waals surface area contributed by atoms with Gasteiger partial charge in [0.2, 0.25) is 0 Å². The van der Waals surface area contributed by atoms with E-state index in [0.717, 1.165) is 36.2 Å². The van der Waals surface area contributed by atoms with Crippen LogP contribution < -0.4 is 4.74 Å². The number of nitrogens with zero attached hydrogens (tertiary/aromatic N) is 2. The van der Waals surface area contributed by atoms with E-state index in [9.17, 15) is 0 Å². The van der Waals surface area contributed by atoms with Gasteiger partial charge in [-0.25, -0.2) is 0 Å². The van der Waals surface area contributed by atoms with Crippen LogP contribution in [0, 0.1) is 18.8 Å². The van der Waals surface area contributed by atoms with E-state index in [1.54, 1.807) is 7.11 Å². The van der Waals surface area contributed by atoms with Crippen LogP contribution in [-0.2, 0) is 6.54 Å². The van der Waals surface area contributed by atoms with Crippen molar-refractivity contribution in [1.82, 2.24) is 9.80 Å². The molecule has 1 aromatic rings. The zero-order valence-electron chi connectivity index (χ0n) is 15.4. The number of ether oxygens (including phenoxy) is 1. The molecule has 0 saturated heterocycles. The molecule has 4 atom stereocenters. The van der Waals surface area contributed by atoms with Crippen LogP contribution in [0.1, 0.15) is 36.8 Å². The normalized spacial score (nSPS) is 30.2. The minimum atomic E-state index is 0.759. The number of aryl methyl sites for hydroxylation is 1. The molecule has 0 amide bonds. The third-order valence-electron chi connectivity index (χ3n) is 6.29. The minimum Gasteiger partial charge on any atom is -0.497 e. The van der Waals surface area contributed by atoms with Crippen LogP contribution in [0.4, 0.5) is 0 Å². The van der Waals surface area contributed by atoms with Crippen molar-refractivity contribution in [2.45, 2.75) is 51.2 Å². The zero-order valence-corrected chi connectivity index (χ0v) is 15.4. The highest BCUT2D eigenvalue weighted by Gasteiger charge is 2.43. The SMILES string of the molecule is COc1ccc(CN(C)C2C[C@H]3CC(N(C)C)C[C@H]3C2)c(C)c1. The van der Waals surface area contributed by atoms with Crippen LogP contribution in [0.3, 0.4) is 0 Å². The maximum absolute atomic E-state index is 5.32. The van der Waals surface area contributed by atoms with Crippen LogP contribution in [0.15, 0.2) is 18.2 Å². The quantitative estimate of drug-likeness (QED) is 0.826. The number of hydrogen-bond acceptors (Lipinski definition) is 3. The van der Waals surface area contributed by atoms with Crippen molar-refractivity contribution in [2.75, 3.05) is 28.3 Å². The van der Waals surface area contributed by atoms with E-state index in [0.29, 0.717) is 0 Å². The van der Waals surface area contributed by atoms with Gasteiger partial charge in [-0.3, -0.25) is 4.90 Å². The van der Waals surface area contributed by atoms with Crippen molar-refractivity contribution < 1.29 is 4.74 Å². The highest BCUT2D eigenvalue weighted by molar-refractivity contribution is 5.34. The molecule has 3 nitrogen and oxygen atoms in total. The monoisotopic (exact) mass is 316 g/mol. The summed E-state index contributed by atoms with van der Waals surface area (Å²) in [5, 5.41) is 0. The van der Waals surface area contributed by atoms with E-state index in [4.69, 9.17) is 4.74 Å². The number of benzene rings is 1. The van der Waals surface area contributed by atoms with Gasteiger partial charge in [0.1, 0.15) is 5.75 Å². The maximum Gasteiger partial charge on any atom is 0.119 e. The summed E-state index contributed by atoms with van der Waals surface area (Å²) in [6.07, 6.45) is 5.59. The Morgan fingerprint density at radius 2 is 1.61 bits per heavy atom. The molecule has 2 saturated carbocycles. The molecule has 0 heterocycles. The Kier molecular flexibility index (Phi) is 4.98. The first-order chi connectivity index (χ1) is 11.0. The second-order valence-electron chi connectivity index (χ2n) is 7.94. The Morgan fingerprint density at radius 1 is 1.00 bits per heavy atom. The first-order valence-corrected chi connectivity index (χ1v) is 8.98. The average molecular weight is 316 g/mol. The Bertz CT molecular complexity index is 528. The van der Waals surface area contributed by atoms with Crippen molar-refractivity contribution in [3.8, 4) is 5.75 Å². The highest BCUT2D eigenvalue weighted by atomic mass is 16.5. The molecule has 2 unspecified atom stereocenters. The third-order valence-corrected chi connectivity index (χ3v) is 6.29. The summed E-state index contributed by atoms with van der Waals surface area (Å²) >= 11 is 0. The molecule has 1 aromatic carbocycles. The topological polar surface area (TPSA) is 15.7 Å². The summed E-state index contributed by atoms with van der Waals surface area (Å²) in [6.45, 7) is 3.24. The van der Waals surface area contributed by atoms with Gasteiger partial charge in [-0.15, -0.1) is 0 Å². The lowest BCUT2D eigenvalue weighted by Crippen LogP contribution is -2.31.